The number of carbonyl (C=O) groups excluding carboxylic acids is 2. The third kappa shape index (κ3) is 5.84. The topological polar surface area (TPSA) is 61.4 Å². The highest BCUT2D eigenvalue weighted by Crippen LogP contribution is 2.23. The molecule has 1 saturated heterocycles. The van der Waals surface area contributed by atoms with Gasteiger partial charge in [0.15, 0.2) is 0 Å². The molecule has 0 saturated carbocycles. The summed E-state index contributed by atoms with van der Waals surface area (Å²) in [5.41, 5.74) is 3.36. The Morgan fingerprint density at radius 1 is 0.964 bits per heavy atom. The summed E-state index contributed by atoms with van der Waals surface area (Å²) < 4.78 is 0. The largest absolute Gasteiger partial charge is 0.359 e. The number of para-hydroxylation sites is 1. The molecule has 0 bridgehead atoms. The molecule has 0 unspecified atom stereocenters. The molecule has 2 aromatic carbocycles. The van der Waals surface area contributed by atoms with Crippen molar-refractivity contribution in [1.29, 1.82) is 0 Å². The van der Waals surface area contributed by atoms with Crippen molar-refractivity contribution < 1.29 is 9.59 Å². The molecule has 3 rings (SSSR count). The Kier molecular flexibility index (Phi) is 7.06. The second-order valence-corrected chi connectivity index (χ2v) is 7.42. The third-order valence-electron chi connectivity index (χ3n) is 5.39. The van der Waals surface area contributed by atoms with E-state index in [9.17, 15) is 9.59 Å². The van der Waals surface area contributed by atoms with E-state index in [1.165, 1.54) is 11.1 Å². The highest BCUT2D eigenvalue weighted by Gasteiger charge is 2.23. The number of amides is 3. The maximum absolute atomic E-state index is 12.4. The molecule has 0 atom stereocenters. The van der Waals surface area contributed by atoms with Crippen LogP contribution in [-0.4, -0.2) is 37.0 Å². The highest BCUT2D eigenvalue weighted by atomic mass is 16.2. The van der Waals surface area contributed by atoms with Gasteiger partial charge in [-0.25, -0.2) is 4.79 Å². The fraction of sp³-hybridized carbons (Fsp3) is 0.391. The monoisotopic (exact) mass is 379 g/mol. The summed E-state index contributed by atoms with van der Waals surface area (Å²) >= 11 is 0. The van der Waals surface area contributed by atoms with Crippen LogP contribution in [-0.2, 0) is 17.6 Å². The molecular weight excluding hydrogens is 350 g/mol. The zero-order valence-corrected chi connectivity index (χ0v) is 16.5. The molecule has 5 nitrogen and oxygen atoms in total. The van der Waals surface area contributed by atoms with Gasteiger partial charge in [-0.05, 0) is 54.9 Å². The predicted molar refractivity (Wildman–Crippen MR) is 112 cm³/mol. The van der Waals surface area contributed by atoms with E-state index in [1.807, 2.05) is 35.2 Å². The molecule has 1 fully saturated rings. The van der Waals surface area contributed by atoms with E-state index in [0.29, 0.717) is 12.3 Å². The Bertz CT molecular complexity index is 766. The number of nitrogens with one attached hydrogen (secondary N) is 2. The molecule has 28 heavy (non-hydrogen) atoms. The number of nitrogens with zero attached hydrogens (tertiary/aromatic N) is 1. The Balaban J connectivity index is 1.42. The molecule has 0 spiro atoms. The van der Waals surface area contributed by atoms with Crippen molar-refractivity contribution in [2.75, 3.05) is 25.5 Å². The Labute approximate surface area is 167 Å². The Hall–Kier alpha value is -2.82. The third-order valence-corrected chi connectivity index (χ3v) is 5.39. The van der Waals surface area contributed by atoms with Crippen LogP contribution in [0.1, 0.15) is 30.4 Å². The van der Waals surface area contributed by atoms with Gasteiger partial charge in [0.25, 0.3) is 0 Å². The fourth-order valence-electron chi connectivity index (χ4n) is 3.62. The minimum Gasteiger partial charge on any atom is -0.359 e. The summed E-state index contributed by atoms with van der Waals surface area (Å²) in [5.74, 6) is 0.685. The van der Waals surface area contributed by atoms with Crippen LogP contribution in [0.3, 0.4) is 0 Å². The molecule has 3 amide bonds. The standard InChI is InChI=1S/C23H29N3O2/c1-24-22(27)12-11-18-7-9-19(10-8-18)17-20-13-15-26(16-14-20)23(28)25-21-5-3-2-4-6-21/h2-10,20H,11-17H2,1H3,(H,24,27)(H,25,28). The van der Waals surface area contributed by atoms with E-state index < -0.39 is 0 Å². The number of rotatable bonds is 6. The first kappa shape index (κ1) is 19.9. The van der Waals surface area contributed by atoms with Crippen LogP contribution in [0.15, 0.2) is 54.6 Å². The molecule has 1 aliphatic heterocycles. The first-order valence-corrected chi connectivity index (χ1v) is 10.0. The van der Waals surface area contributed by atoms with Crippen LogP contribution in [0.4, 0.5) is 10.5 Å². The van der Waals surface area contributed by atoms with Gasteiger partial charge in [0.1, 0.15) is 0 Å². The lowest BCUT2D eigenvalue weighted by molar-refractivity contribution is -0.120. The van der Waals surface area contributed by atoms with Gasteiger partial charge < -0.3 is 15.5 Å². The number of carbonyl (C=O) groups is 2. The van der Waals surface area contributed by atoms with Gasteiger partial charge in [0.05, 0.1) is 0 Å². The van der Waals surface area contributed by atoms with Crippen molar-refractivity contribution in [3.63, 3.8) is 0 Å². The van der Waals surface area contributed by atoms with Crippen LogP contribution in [0.25, 0.3) is 0 Å². The van der Waals surface area contributed by atoms with Crippen molar-refractivity contribution in [2.45, 2.75) is 32.1 Å². The molecule has 1 heterocycles. The first-order valence-electron chi connectivity index (χ1n) is 10.0. The second-order valence-electron chi connectivity index (χ2n) is 7.42. The van der Waals surface area contributed by atoms with E-state index >= 15 is 0 Å². The summed E-state index contributed by atoms with van der Waals surface area (Å²) in [6.07, 6.45) is 4.40. The van der Waals surface area contributed by atoms with Crippen LogP contribution < -0.4 is 10.6 Å². The zero-order valence-electron chi connectivity index (χ0n) is 16.5. The highest BCUT2D eigenvalue weighted by molar-refractivity contribution is 5.89. The van der Waals surface area contributed by atoms with Crippen molar-refractivity contribution in [3.05, 3.63) is 65.7 Å². The second kappa shape index (κ2) is 9.93. The van der Waals surface area contributed by atoms with Gasteiger partial charge in [-0.1, -0.05) is 42.5 Å². The minimum atomic E-state index is -0.00915. The van der Waals surface area contributed by atoms with E-state index in [-0.39, 0.29) is 11.9 Å². The molecule has 5 heteroatoms. The van der Waals surface area contributed by atoms with E-state index in [4.69, 9.17) is 0 Å². The van der Waals surface area contributed by atoms with Gasteiger partial charge in [-0.15, -0.1) is 0 Å². The van der Waals surface area contributed by atoms with Crippen LogP contribution in [0, 0.1) is 5.92 Å². The molecule has 148 valence electrons. The van der Waals surface area contributed by atoms with E-state index in [1.54, 1.807) is 7.05 Å². The predicted octanol–water partition coefficient (Wildman–Crippen LogP) is 3.85. The van der Waals surface area contributed by atoms with Gasteiger partial charge in [-0.2, -0.15) is 0 Å². The minimum absolute atomic E-state index is 0.00915. The molecule has 0 radical (unpaired) electrons. The van der Waals surface area contributed by atoms with E-state index in [2.05, 4.69) is 34.9 Å². The number of anilines is 1. The SMILES string of the molecule is CNC(=O)CCc1ccc(CC2CCN(C(=O)Nc3ccccc3)CC2)cc1. The molecular formula is C23H29N3O2. The quantitative estimate of drug-likeness (QED) is 0.801. The first-order chi connectivity index (χ1) is 13.6. The Morgan fingerprint density at radius 3 is 2.25 bits per heavy atom. The number of urea groups is 1. The molecule has 1 aliphatic rings. The average Bonchev–Trinajstić information content (AvgIpc) is 2.74. The lowest BCUT2D eigenvalue weighted by atomic mass is 9.90. The maximum atomic E-state index is 12.4. The number of likely N-dealkylation sites (tertiary alicyclic amines) is 1. The van der Waals surface area contributed by atoms with Crippen LogP contribution >= 0.6 is 0 Å². The van der Waals surface area contributed by atoms with Gasteiger partial charge >= 0.3 is 6.03 Å². The summed E-state index contributed by atoms with van der Waals surface area (Å²) in [7, 11) is 1.67. The molecule has 0 aliphatic carbocycles. The normalized spacial score (nSPS) is 14.5. The molecule has 0 aromatic heterocycles. The summed E-state index contributed by atoms with van der Waals surface area (Å²) in [6.45, 7) is 1.60. The van der Waals surface area contributed by atoms with Gasteiger partial charge in [0, 0.05) is 32.2 Å². The lowest BCUT2D eigenvalue weighted by Crippen LogP contribution is -2.41. The summed E-state index contributed by atoms with van der Waals surface area (Å²) in [4.78, 5) is 25.6. The molecule has 2 aromatic rings. The van der Waals surface area contributed by atoms with Gasteiger partial charge in [0.2, 0.25) is 5.91 Å². The maximum Gasteiger partial charge on any atom is 0.321 e. The van der Waals surface area contributed by atoms with Crippen molar-refractivity contribution in [3.8, 4) is 0 Å². The average molecular weight is 380 g/mol. The molecule has 2 N–H and O–H groups in total. The van der Waals surface area contributed by atoms with Crippen LogP contribution in [0.5, 0.6) is 0 Å². The number of hydrogen-bond donors (Lipinski definition) is 2. The van der Waals surface area contributed by atoms with Crippen LogP contribution in [0.2, 0.25) is 0 Å². The van der Waals surface area contributed by atoms with Crippen molar-refractivity contribution >= 4 is 17.6 Å². The smallest absolute Gasteiger partial charge is 0.321 e. The number of piperidine rings is 1. The number of benzene rings is 2. The van der Waals surface area contributed by atoms with Gasteiger partial charge in [-0.3, -0.25) is 4.79 Å². The Morgan fingerprint density at radius 2 is 1.61 bits per heavy atom. The fourth-order valence-corrected chi connectivity index (χ4v) is 3.62. The van der Waals surface area contributed by atoms with Crippen molar-refractivity contribution in [1.82, 2.24) is 10.2 Å². The van der Waals surface area contributed by atoms with E-state index in [0.717, 1.165) is 44.5 Å². The lowest BCUT2D eigenvalue weighted by Gasteiger charge is -2.32. The zero-order chi connectivity index (χ0) is 19.8. The number of aryl methyl sites for hydroxylation is 1. The number of hydrogen-bond acceptors (Lipinski definition) is 2. The summed E-state index contributed by atoms with van der Waals surface area (Å²) in [5, 5.41) is 5.62. The van der Waals surface area contributed by atoms with Crippen molar-refractivity contribution in [2.24, 2.45) is 5.92 Å². The summed E-state index contributed by atoms with van der Waals surface area (Å²) in [6, 6.07) is 18.2.